The van der Waals surface area contributed by atoms with E-state index in [4.69, 9.17) is 16.3 Å². The molecule has 2 rings (SSSR count). The van der Waals surface area contributed by atoms with Gasteiger partial charge in [-0.3, -0.25) is 0 Å². The molecular weight excluding hydrogens is 270 g/mol. The molecule has 0 aliphatic heterocycles. The lowest BCUT2D eigenvalue weighted by atomic mass is 9.84. The Morgan fingerprint density at radius 3 is 2.50 bits per heavy atom. The van der Waals surface area contributed by atoms with Gasteiger partial charge in [0.1, 0.15) is 0 Å². The van der Waals surface area contributed by atoms with Crippen molar-refractivity contribution in [3.05, 3.63) is 34.9 Å². The minimum atomic E-state index is 0.0348. The highest BCUT2D eigenvalue weighted by molar-refractivity contribution is 6.30. The molecule has 1 aliphatic carbocycles. The molecule has 0 bridgehead atoms. The summed E-state index contributed by atoms with van der Waals surface area (Å²) in [6, 6.07) is 7.98. The molecule has 0 unspecified atom stereocenters. The van der Waals surface area contributed by atoms with E-state index in [1.165, 1.54) is 44.1 Å². The molecule has 1 aromatic carbocycles. The largest absolute Gasteiger partial charge is 0.369 e. The molecular formula is C17H26ClNO. The van der Waals surface area contributed by atoms with Crippen molar-refractivity contribution in [3.63, 3.8) is 0 Å². The second kappa shape index (κ2) is 8.02. The second-order valence-corrected chi connectivity index (χ2v) is 6.27. The van der Waals surface area contributed by atoms with Gasteiger partial charge in [0, 0.05) is 11.6 Å². The molecule has 0 radical (unpaired) electrons. The zero-order valence-corrected chi connectivity index (χ0v) is 13.2. The standard InChI is InChI=1S/C17H26ClNO/c1-2-12-19-14-17(10-4-3-5-11-17)20-13-15-6-8-16(18)9-7-15/h6-9,19H,2-5,10-14H2,1H3. The topological polar surface area (TPSA) is 21.3 Å². The van der Waals surface area contributed by atoms with Crippen LogP contribution < -0.4 is 5.32 Å². The van der Waals surface area contributed by atoms with Gasteiger partial charge in [-0.05, 0) is 43.5 Å². The molecule has 0 saturated heterocycles. The number of halogens is 1. The molecule has 0 heterocycles. The molecule has 2 nitrogen and oxygen atoms in total. The predicted molar refractivity (Wildman–Crippen MR) is 85.2 cm³/mol. The molecule has 0 aromatic heterocycles. The van der Waals surface area contributed by atoms with Crippen molar-refractivity contribution < 1.29 is 4.74 Å². The van der Waals surface area contributed by atoms with Crippen LogP contribution in [0.4, 0.5) is 0 Å². The zero-order valence-electron chi connectivity index (χ0n) is 12.5. The highest BCUT2D eigenvalue weighted by Crippen LogP contribution is 2.32. The fraction of sp³-hybridized carbons (Fsp3) is 0.647. The van der Waals surface area contributed by atoms with Gasteiger partial charge in [-0.25, -0.2) is 0 Å². The summed E-state index contributed by atoms with van der Waals surface area (Å²) < 4.78 is 6.34. The van der Waals surface area contributed by atoms with Gasteiger partial charge in [0.2, 0.25) is 0 Å². The summed E-state index contributed by atoms with van der Waals surface area (Å²) in [7, 11) is 0. The van der Waals surface area contributed by atoms with Crippen molar-refractivity contribution in [1.82, 2.24) is 5.32 Å². The average molecular weight is 296 g/mol. The normalized spacial score (nSPS) is 18.1. The third kappa shape index (κ3) is 4.76. The van der Waals surface area contributed by atoms with Gasteiger partial charge in [0.15, 0.2) is 0 Å². The maximum absolute atomic E-state index is 6.34. The summed E-state index contributed by atoms with van der Waals surface area (Å²) in [5.41, 5.74) is 1.24. The van der Waals surface area contributed by atoms with E-state index in [1.807, 2.05) is 12.1 Å². The fourth-order valence-electron chi connectivity index (χ4n) is 2.88. The summed E-state index contributed by atoms with van der Waals surface area (Å²) in [5, 5.41) is 4.33. The summed E-state index contributed by atoms with van der Waals surface area (Å²) in [4.78, 5) is 0. The fourth-order valence-corrected chi connectivity index (χ4v) is 3.00. The number of hydrogen-bond donors (Lipinski definition) is 1. The molecule has 20 heavy (non-hydrogen) atoms. The van der Waals surface area contributed by atoms with E-state index < -0.39 is 0 Å². The molecule has 3 heteroatoms. The van der Waals surface area contributed by atoms with Crippen molar-refractivity contribution in [2.75, 3.05) is 13.1 Å². The van der Waals surface area contributed by atoms with Crippen LogP contribution in [-0.2, 0) is 11.3 Å². The van der Waals surface area contributed by atoms with Crippen LogP contribution in [0.2, 0.25) is 5.02 Å². The molecule has 0 atom stereocenters. The number of nitrogens with one attached hydrogen (secondary N) is 1. The van der Waals surface area contributed by atoms with Crippen LogP contribution in [-0.4, -0.2) is 18.7 Å². The Kier molecular flexibility index (Phi) is 6.34. The maximum atomic E-state index is 6.34. The molecule has 1 N–H and O–H groups in total. The molecule has 1 aromatic rings. The second-order valence-electron chi connectivity index (χ2n) is 5.84. The van der Waals surface area contributed by atoms with Crippen LogP contribution in [0.25, 0.3) is 0 Å². The van der Waals surface area contributed by atoms with Crippen LogP contribution >= 0.6 is 11.6 Å². The third-order valence-electron chi connectivity index (χ3n) is 4.10. The summed E-state index contributed by atoms with van der Waals surface area (Å²) in [5.74, 6) is 0. The van der Waals surface area contributed by atoms with E-state index in [0.717, 1.165) is 18.1 Å². The van der Waals surface area contributed by atoms with E-state index >= 15 is 0 Å². The van der Waals surface area contributed by atoms with Crippen LogP contribution in [0.5, 0.6) is 0 Å². The highest BCUT2D eigenvalue weighted by Gasteiger charge is 2.32. The Hall–Kier alpha value is -0.570. The molecule has 1 saturated carbocycles. The summed E-state index contributed by atoms with van der Waals surface area (Å²) in [6.45, 7) is 4.95. The van der Waals surface area contributed by atoms with Gasteiger partial charge >= 0.3 is 0 Å². The van der Waals surface area contributed by atoms with Crippen molar-refractivity contribution in [3.8, 4) is 0 Å². The first-order valence-corrected chi connectivity index (χ1v) is 8.21. The Balaban J connectivity index is 1.91. The molecule has 1 fully saturated rings. The van der Waals surface area contributed by atoms with Gasteiger partial charge in [-0.15, -0.1) is 0 Å². The van der Waals surface area contributed by atoms with Crippen molar-refractivity contribution in [2.45, 2.75) is 57.7 Å². The predicted octanol–water partition coefficient (Wildman–Crippen LogP) is 4.56. The molecule has 1 aliphatic rings. The monoisotopic (exact) mass is 295 g/mol. The number of hydrogen-bond acceptors (Lipinski definition) is 2. The third-order valence-corrected chi connectivity index (χ3v) is 4.35. The lowest BCUT2D eigenvalue weighted by Gasteiger charge is -2.37. The van der Waals surface area contributed by atoms with Gasteiger partial charge in [0.05, 0.1) is 12.2 Å². The van der Waals surface area contributed by atoms with Gasteiger partial charge in [0.25, 0.3) is 0 Å². The Morgan fingerprint density at radius 2 is 1.85 bits per heavy atom. The lowest BCUT2D eigenvalue weighted by Crippen LogP contribution is -2.44. The van der Waals surface area contributed by atoms with E-state index in [0.29, 0.717) is 6.61 Å². The Morgan fingerprint density at radius 1 is 1.15 bits per heavy atom. The van der Waals surface area contributed by atoms with Crippen LogP contribution in [0.3, 0.4) is 0 Å². The van der Waals surface area contributed by atoms with E-state index in [1.54, 1.807) is 0 Å². The molecule has 0 spiro atoms. The average Bonchev–Trinajstić information content (AvgIpc) is 2.48. The van der Waals surface area contributed by atoms with E-state index in [9.17, 15) is 0 Å². The first-order chi connectivity index (χ1) is 9.74. The first kappa shape index (κ1) is 15.8. The summed E-state index contributed by atoms with van der Waals surface area (Å²) in [6.07, 6.45) is 7.45. The van der Waals surface area contributed by atoms with E-state index in [-0.39, 0.29) is 5.60 Å². The van der Waals surface area contributed by atoms with Crippen molar-refractivity contribution in [1.29, 1.82) is 0 Å². The Bertz CT molecular complexity index is 384. The molecule has 112 valence electrons. The van der Waals surface area contributed by atoms with Crippen LogP contribution in [0.1, 0.15) is 51.0 Å². The number of benzene rings is 1. The van der Waals surface area contributed by atoms with Gasteiger partial charge < -0.3 is 10.1 Å². The molecule has 0 amide bonds. The van der Waals surface area contributed by atoms with Gasteiger partial charge in [-0.2, -0.15) is 0 Å². The summed E-state index contributed by atoms with van der Waals surface area (Å²) >= 11 is 5.92. The van der Waals surface area contributed by atoms with Crippen LogP contribution in [0, 0.1) is 0 Å². The maximum Gasteiger partial charge on any atom is 0.0810 e. The van der Waals surface area contributed by atoms with Gasteiger partial charge in [-0.1, -0.05) is 49.9 Å². The van der Waals surface area contributed by atoms with Crippen LogP contribution in [0.15, 0.2) is 24.3 Å². The minimum absolute atomic E-state index is 0.0348. The highest BCUT2D eigenvalue weighted by atomic mass is 35.5. The van der Waals surface area contributed by atoms with Crippen molar-refractivity contribution in [2.24, 2.45) is 0 Å². The SMILES string of the molecule is CCCNCC1(OCc2ccc(Cl)cc2)CCCCC1. The number of rotatable bonds is 7. The lowest BCUT2D eigenvalue weighted by molar-refractivity contribution is -0.0784. The first-order valence-electron chi connectivity index (χ1n) is 7.83. The Labute approximate surface area is 127 Å². The minimum Gasteiger partial charge on any atom is -0.369 e. The van der Waals surface area contributed by atoms with Crippen molar-refractivity contribution >= 4 is 11.6 Å². The smallest absolute Gasteiger partial charge is 0.0810 e. The zero-order chi connectivity index (χ0) is 14.3. The van der Waals surface area contributed by atoms with E-state index in [2.05, 4.69) is 24.4 Å². The number of ether oxygens (including phenoxy) is 1. The quantitative estimate of drug-likeness (QED) is 0.745.